The summed E-state index contributed by atoms with van der Waals surface area (Å²) in [5.41, 5.74) is 1.41. The molecule has 114 valence electrons. The van der Waals surface area contributed by atoms with Crippen molar-refractivity contribution in [2.24, 2.45) is 5.92 Å². The van der Waals surface area contributed by atoms with Crippen LogP contribution in [-0.2, 0) is 4.74 Å². The Labute approximate surface area is 132 Å². The number of halogens is 1. The van der Waals surface area contributed by atoms with Crippen molar-refractivity contribution in [3.05, 3.63) is 34.3 Å². The molecular weight excluding hydrogens is 314 g/mol. The number of hydrogen-bond donors (Lipinski definition) is 1. The van der Waals surface area contributed by atoms with Gasteiger partial charge >= 0.3 is 0 Å². The molecule has 1 unspecified atom stereocenters. The van der Waals surface area contributed by atoms with E-state index in [0.717, 1.165) is 37.2 Å². The molecule has 0 amide bonds. The second-order valence-electron chi connectivity index (χ2n) is 5.64. The lowest BCUT2D eigenvalue weighted by Crippen LogP contribution is -2.25. The van der Waals surface area contributed by atoms with E-state index in [4.69, 9.17) is 4.74 Å². The van der Waals surface area contributed by atoms with Gasteiger partial charge < -0.3 is 10.1 Å². The summed E-state index contributed by atoms with van der Waals surface area (Å²) >= 11 is 3.57. The molecule has 0 fully saturated rings. The Morgan fingerprint density at radius 3 is 2.70 bits per heavy atom. The predicted octanol–water partition coefficient (Wildman–Crippen LogP) is 4.60. The number of benzene rings is 1. The third kappa shape index (κ3) is 7.41. The van der Waals surface area contributed by atoms with Gasteiger partial charge in [0.05, 0.1) is 0 Å². The summed E-state index contributed by atoms with van der Waals surface area (Å²) in [5, 5.41) is 3.59. The van der Waals surface area contributed by atoms with Crippen LogP contribution >= 0.6 is 15.9 Å². The topological polar surface area (TPSA) is 21.3 Å². The van der Waals surface area contributed by atoms with E-state index in [1.54, 1.807) is 0 Å². The summed E-state index contributed by atoms with van der Waals surface area (Å²) in [6, 6.07) is 8.68. The maximum atomic E-state index is 5.46. The van der Waals surface area contributed by atoms with Gasteiger partial charge in [-0.3, -0.25) is 0 Å². The maximum Gasteiger partial charge on any atom is 0.0466 e. The molecule has 0 radical (unpaired) electrons. The highest BCUT2D eigenvalue weighted by Crippen LogP contribution is 2.23. The van der Waals surface area contributed by atoms with Crippen molar-refractivity contribution in [3.63, 3.8) is 0 Å². The summed E-state index contributed by atoms with van der Waals surface area (Å²) in [5.74, 6) is 1.26. The van der Waals surface area contributed by atoms with Gasteiger partial charge in [0, 0.05) is 24.2 Å². The van der Waals surface area contributed by atoms with Gasteiger partial charge in [-0.1, -0.05) is 41.9 Å². The molecule has 1 aromatic carbocycles. The van der Waals surface area contributed by atoms with Crippen molar-refractivity contribution in [2.45, 2.75) is 39.5 Å². The molecule has 1 N–H and O–H groups in total. The normalized spacial score (nSPS) is 12.8. The Bertz CT molecular complexity index is 368. The standard InChI is InChI=1S/C17H28BrNO/c1-4-20-10-6-8-16(13-19-12-14(2)3)15-7-5-9-17(18)11-15/h5,7,9,11,14,16,19H,4,6,8,10,12-13H2,1-3H3. The van der Waals surface area contributed by atoms with Crippen LogP contribution < -0.4 is 5.32 Å². The molecule has 0 saturated carbocycles. The number of ether oxygens (including phenoxy) is 1. The minimum absolute atomic E-state index is 0.562. The molecular formula is C17H28BrNO. The fraction of sp³-hybridized carbons (Fsp3) is 0.647. The molecule has 20 heavy (non-hydrogen) atoms. The predicted molar refractivity (Wildman–Crippen MR) is 90.3 cm³/mol. The highest BCUT2D eigenvalue weighted by molar-refractivity contribution is 9.10. The van der Waals surface area contributed by atoms with Gasteiger partial charge in [0.15, 0.2) is 0 Å². The van der Waals surface area contributed by atoms with Crippen LogP contribution in [-0.4, -0.2) is 26.3 Å². The highest BCUT2D eigenvalue weighted by atomic mass is 79.9. The molecule has 0 aliphatic carbocycles. The van der Waals surface area contributed by atoms with E-state index >= 15 is 0 Å². The number of hydrogen-bond acceptors (Lipinski definition) is 2. The highest BCUT2D eigenvalue weighted by Gasteiger charge is 2.11. The van der Waals surface area contributed by atoms with E-state index in [2.05, 4.69) is 66.3 Å². The Kier molecular flexibility index (Phi) is 9.16. The zero-order chi connectivity index (χ0) is 14.8. The Balaban J connectivity index is 2.53. The van der Waals surface area contributed by atoms with Crippen LogP contribution in [0.2, 0.25) is 0 Å². The molecule has 3 heteroatoms. The molecule has 0 aromatic heterocycles. The van der Waals surface area contributed by atoms with E-state index in [0.29, 0.717) is 11.8 Å². The van der Waals surface area contributed by atoms with Crippen molar-refractivity contribution in [2.75, 3.05) is 26.3 Å². The van der Waals surface area contributed by atoms with Gasteiger partial charge in [-0.15, -0.1) is 0 Å². The van der Waals surface area contributed by atoms with Gasteiger partial charge in [0.25, 0.3) is 0 Å². The molecule has 0 aliphatic rings. The van der Waals surface area contributed by atoms with Crippen LogP contribution in [0, 0.1) is 5.92 Å². The molecule has 0 heterocycles. The van der Waals surface area contributed by atoms with Crippen molar-refractivity contribution in [1.82, 2.24) is 5.32 Å². The number of rotatable bonds is 10. The molecule has 1 rings (SSSR count). The third-order valence-electron chi connectivity index (χ3n) is 3.31. The quantitative estimate of drug-likeness (QED) is 0.628. The molecule has 1 aromatic rings. The molecule has 2 nitrogen and oxygen atoms in total. The van der Waals surface area contributed by atoms with Crippen LogP contribution in [0.1, 0.15) is 45.1 Å². The fourth-order valence-corrected chi connectivity index (χ4v) is 2.69. The first kappa shape index (κ1) is 17.7. The van der Waals surface area contributed by atoms with Gasteiger partial charge in [-0.25, -0.2) is 0 Å². The van der Waals surface area contributed by atoms with Crippen LogP contribution in [0.5, 0.6) is 0 Å². The lowest BCUT2D eigenvalue weighted by atomic mass is 9.94. The monoisotopic (exact) mass is 341 g/mol. The summed E-state index contributed by atoms with van der Waals surface area (Å²) in [6.07, 6.45) is 2.29. The average Bonchev–Trinajstić information content (AvgIpc) is 2.41. The fourth-order valence-electron chi connectivity index (χ4n) is 2.27. The first-order valence-corrected chi connectivity index (χ1v) is 8.46. The van der Waals surface area contributed by atoms with Crippen molar-refractivity contribution in [1.29, 1.82) is 0 Å². The first-order chi connectivity index (χ1) is 9.63. The SMILES string of the molecule is CCOCCCC(CNCC(C)C)c1cccc(Br)c1. The maximum absolute atomic E-state index is 5.46. The minimum Gasteiger partial charge on any atom is -0.382 e. The zero-order valence-corrected chi connectivity index (χ0v) is 14.6. The summed E-state index contributed by atoms with van der Waals surface area (Å²) < 4.78 is 6.62. The summed E-state index contributed by atoms with van der Waals surface area (Å²) in [6.45, 7) is 10.3. The van der Waals surface area contributed by atoms with Crippen LogP contribution in [0.3, 0.4) is 0 Å². The van der Waals surface area contributed by atoms with Crippen molar-refractivity contribution < 1.29 is 4.74 Å². The van der Waals surface area contributed by atoms with Crippen LogP contribution in [0.15, 0.2) is 28.7 Å². The van der Waals surface area contributed by atoms with Crippen LogP contribution in [0.25, 0.3) is 0 Å². The first-order valence-electron chi connectivity index (χ1n) is 7.67. The average molecular weight is 342 g/mol. The number of nitrogens with one attached hydrogen (secondary N) is 1. The van der Waals surface area contributed by atoms with Crippen LogP contribution in [0.4, 0.5) is 0 Å². The minimum atomic E-state index is 0.562. The molecule has 0 spiro atoms. The van der Waals surface area contributed by atoms with Crippen molar-refractivity contribution >= 4 is 15.9 Å². The molecule has 0 bridgehead atoms. The zero-order valence-electron chi connectivity index (χ0n) is 13.0. The Morgan fingerprint density at radius 2 is 2.05 bits per heavy atom. The largest absolute Gasteiger partial charge is 0.382 e. The van der Waals surface area contributed by atoms with E-state index in [-0.39, 0.29) is 0 Å². The third-order valence-corrected chi connectivity index (χ3v) is 3.80. The lowest BCUT2D eigenvalue weighted by Gasteiger charge is -2.19. The molecule has 0 aliphatic heterocycles. The molecule has 0 saturated heterocycles. The summed E-state index contributed by atoms with van der Waals surface area (Å²) in [4.78, 5) is 0. The molecule has 1 atom stereocenters. The van der Waals surface area contributed by atoms with Gasteiger partial charge in [-0.05, 0) is 55.8 Å². The second-order valence-corrected chi connectivity index (χ2v) is 6.56. The second kappa shape index (κ2) is 10.4. The summed E-state index contributed by atoms with van der Waals surface area (Å²) in [7, 11) is 0. The van der Waals surface area contributed by atoms with Crippen molar-refractivity contribution in [3.8, 4) is 0 Å². The van der Waals surface area contributed by atoms with E-state index in [1.165, 1.54) is 12.0 Å². The lowest BCUT2D eigenvalue weighted by molar-refractivity contribution is 0.141. The Hall–Kier alpha value is -0.380. The van der Waals surface area contributed by atoms with Gasteiger partial charge in [0.2, 0.25) is 0 Å². The van der Waals surface area contributed by atoms with E-state index in [9.17, 15) is 0 Å². The van der Waals surface area contributed by atoms with E-state index < -0.39 is 0 Å². The van der Waals surface area contributed by atoms with E-state index in [1.807, 2.05) is 0 Å². The Morgan fingerprint density at radius 1 is 1.25 bits per heavy atom. The van der Waals surface area contributed by atoms with Gasteiger partial charge in [-0.2, -0.15) is 0 Å². The van der Waals surface area contributed by atoms with Gasteiger partial charge in [0.1, 0.15) is 0 Å². The smallest absolute Gasteiger partial charge is 0.0466 e.